The van der Waals surface area contributed by atoms with Gasteiger partial charge in [0.2, 0.25) is 0 Å². The molecule has 0 unspecified atom stereocenters. The summed E-state index contributed by atoms with van der Waals surface area (Å²) < 4.78 is 0. The van der Waals surface area contributed by atoms with Crippen LogP contribution in [0.1, 0.15) is 16.7 Å². The highest BCUT2D eigenvalue weighted by Gasteiger charge is 2.53. The van der Waals surface area contributed by atoms with Gasteiger partial charge in [-0.15, -0.1) is 0 Å². The zero-order valence-electron chi connectivity index (χ0n) is 15.8. The molecule has 0 aliphatic carbocycles. The van der Waals surface area contributed by atoms with Gasteiger partial charge in [0, 0.05) is 5.56 Å². The van der Waals surface area contributed by atoms with Gasteiger partial charge in [-0.05, 0) is 29.3 Å². The molecule has 3 nitrogen and oxygen atoms in total. The van der Waals surface area contributed by atoms with Crippen molar-refractivity contribution in [2.24, 2.45) is 4.99 Å². The summed E-state index contributed by atoms with van der Waals surface area (Å²) >= 11 is 0. The third-order valence-corrected chi connectivity index (χ3v) is 5.41. The molecule has 139 valence electrons. The number of hydrogen-bond acceptors (Lipinski definition) is 2. The number of benzene rings is 4. The van der Waals surface area contributed by atoms with Crippen LogP contribution in [0.4, 0.5) is 11.4 Å². The Kier molecular flexibility index (Phi) is 4.23. The topological polar surface area (TPSA) is 35.5 Å². The molecule has 0 saturated carbocycles. The highest BCUT2D eigenvalue weighted by Crippen LogP contribution is 2.49. The van der Waals surface area contributed by atoms with E-state index in [-0.39, 0.29) is 0 Å². The van der Waals surface area contributed by atoms with Crippen LogP contribution in [0.2, 0.25) is 0 Å². The van der Waals surface area contributed by atoms with E-state index in [0.29, 0.717) is 5.69 Å². The quantitative estimate of drug-likeness (QED) is 0.438. The van der Waals surface area contributed by atoms with Crippen molar-refractivity contribution in [3.05, 3.63) is 132 Å². The summed E-state index contributed by atoms with van der Waals surface area (Å²) in [5.41, 5.74) is 3.80. The summed E-state index contributed by atoms with van der Waals surface area (Å²) in [7, 11) is 0. The van der Waals surface area contributed by atoms with Crippen LogP contribution in [0.25, 0.3) is 0 Å². The fourth-order valence-electron chi connectivity index (χ4n) is 4.13. The summed E-state index contributed by atoms with van der Waals surface area (Å²) in [6.45, 7) is 0. The van der Waals surface area contributed by atoms with Crippen LogP contribution in [0.5, 0.6) is 0 Å². The fourth-order valence-corrected chi connectivity index (χ4v) is 4.13. The second-order valence-corrected chi connectivity index (χ2v) is 7.05. The van der Waals surface area contributed by atoms with Crippen LogP contribution in [0.3, 0.4) is 0 Å². The molecule has 1 radical (unpaired) electrons. The van der Waals surface area contributed by atoms with Gasteiger partial charge < -0.3 is 0 Å². The molecule has 0 amide bonds. The van der Waals surface area contributed by atoms with Crippen molar-refractivity contribution in [1.82, 2.24) is 0 Å². The summed E-state index contributed by atoms with van der Waals surface area (Å²) in [5, 5.41) is 15.1. The number of anilines is 1. The first-order valence-corrected chi connectivity index (χ1v) is 9.64. The standard InChI is InChI=1S/C26H19N2O/c29-28-24-19-11-10-18-23(24)25(27-22-16-8-3-9-17-22)26(28,20-12-4-1-5-13-20)21-14-6-2-7-15-21/h1-19H. The molecule has 0 bridgehead atoms. The predicted molar refractivity (Wildman–Crippen MR) is 116 cm³/mol. The van der Waals surface area contributed by atoms with E-state index in [9.17, 15) is 5.21 Å². The van der Waals surface area contributed by atoms with E-state index in [0.717, 1.165) is 33.2 Å². The molecule has 0 N–H and O–H groups in total. The number of rotatable bonds is 3. The molecule has 3 heteroatoms. The maximum Gasteiger partial charge on any atom is 0.163 e. The number of aliphatic imine (C=N–C) groups is 1. The molecule has 0 spiro atoms. The van der Waals surface area contributed by atoms with Crippen molar-refractivity contribution < 1.29 is 5.21 Å². The molecular formula is C26H19N2O. The zero-order chi connectivity index (χ0) is 19.7. The Morgan fingerprint density at radius 1 is 0.586 bits per heavy atom. The molecule has 0 saturated heterocycles. The molecule has 1 aliphatic rings. The van der Waals surface area contributed by atoms with Crippen LogP contribution >= 0.6 is 0 Å². The average Bonchev–Trinajstić information content (AvgIpc) is 3.05. The average molecular weight is 375 g/mol. The monoisotopic (exact) mass is 375 g/mol. The normalized spacial score (nSPS) is 16.0. The number of hydrogen-bond donors (Lipinski definition) is 0. The summed E-state index contributed by atoms with van der Waals surface area (Å²) in [6, 6.07) is 37.3. The molecule has 29 heavy (non-hydrogen) atoms. The first-order valence-electron chi connectivity index (χ1n) is 9.64. The van der Waals surface area contributed by atoms with Crippen molar-refractivity contribution in [3.8, 4) is 0 Å². The highest BCUT2D eigenvalue weighted by atomic mass is 16.5. The van der Waals surface area contributed by atoms with Crippen LogP contribution < -0.4 is 5.06 Å². The largest absolute Gasteiger partial charge is 0.249 e. The number of fused-ring (bicyclic) bond motifs is 1. The third-order valence-electron chi connectivity index (χ3n) is 5.41. The zero-order valence-corrected chi connectivity index (χ0v) is 15.8. The van der Waals surface area contributed by atoms with Gasteiger partial charge >= 0.3 is 0 Å². The molecule has 1 heterocycles. The number of hydroxylamine groups is 1. The van der Waals surface area contributed by atoms with E-state index < -0.39 is 5.54 Å². The molecule has 0 atom stereocenters. The third kappa shape index (κ3) is 2.67. The molecule has 0 aromatic heterocycles. The van der Waals surface area contributed by atoms with Gasteiger partial charge in [0.15, 0.2) is 5.54 Å². The molecule has 5 rings (SSSR count). The minimum absolute atomic E-state index is 0.634. The Labute approximate surface area is 170 Å². The first kappa shape index (κ1) is 17.4. The minimum atomic E-state index is -1.05. The Bertz CT molecular complexity index is 1120. The smallest absolute Gasteiger partial charge is 0.163 e. The van der Waals surface area contributed by atoms with Crippen molar-refractivity contribution in [3.63, 3.8) is 0 Å². The van der Waals surface area contributed by atoms with E-state index >= 15 is 0 Å². The second-order valence-electron chi connectivity index (χ2n) is 7.05. The van der Waals surface area contributed by atoms with Crippen LogP contribution in [-0.2, 0) is 10.7 Å². The first-order chi connectivity index (χ1) is 14.3. The molecule has 4 aromatic carbocycles. The van der Waals surface area contributed by atoms with Gasteiger partial charge in [-0.2, -0.15) is 5.06 Å². The van der Waals surface area contributed by atoms with Crippen LogP contribution in [0, 0.1) is 0 Å². The van der Waals surface area contributed by atoms with Gasteiger partial charge in [0.25, 0.3) is 0 Å². The maximum atomic E-state index is 14.0. The van der Waals surface area contributed by atoms with E-state index in [4.69, 9.17) is 4.99 Å². The Morgan fingerprint density at radius 2 is 1.07 bits per heavy atom. The van der Waals surface area contributed by atoms with E-state index in [1.807, 2.05) is 115 Å². The Morgan fingerprint density at radius 3 is 1.66 bits per heavy atom. The molecule has 4 aromatic rings. The van der Waals surface area contributed by atoms with Crippen molar-refractivity contribution in [2.45, 2.75) is 5.54 Å². The summed E-state index contributed by atoms with van der Waals surface area (Å²) in [6.07, 6.45) is 0. The molecular weight excluding hydrogens is 356 g/mol. The lowest BCUT2D eigenvalue weighted by Crippen LogP contribution is -2.46. The molecule has 1 aliphatic heterocycles. The van der Waals surface area contributed by atoms with Gasteiger partial charge in [0.05, 0.1) is 17.1 Å². The van der Waals surface area contributed by atoms with Crippen molar-refractivity contribution in [1.29, 1.82) is 0 Å². The van der Waals surface area contributed by atoms with Gasteiger partial charge in [-0.3, -0.25) is 0 Å². The van der Waals surface area contributed by atoms with Gasteiger partial charge in [-0.1, -0.05) is 102 Å². The summed E-state index contributed by atoms with van der Waals surface area (Å²) in [4.78, 5) is 5.03. The lowest BCUT2D eigenvalue weighted by Gasteiger charge is -2.35. The lowest BCUT2D eigenvalue weighted by atomic mass is 9.78. The highest BCUT2D eigenvalue weighted by molar-refractivity contribution is 6.19. The van der Waals surface area contributed by atoms with Gasteiger partial charge in [0.1, 0.15) is 0 Å². The Balaban J connectivity index is 1.89. The van der Waals surface area contributed by atoms with Crippen molar-refractivity contribution in [2.75, 3.05) is 5.06 Å². The van der Waals surface area contributed by atoms with Gasteiger partial charge in [-0.25, -0.2) is 4.99 Å². The maximum absolute atomic E-state index is 14.0. The SMILES string of the molecule is [O]N1c2ccccc2C(=Nc2ccccc2)C1(c1ccccc1)c1ccccc1. The fraction of sp³-hybridized carbons (Fsp3) is 0.0385. The number of nitrogens with zero attached hydrogens (tertiary/aromatic N) is 2. The summed E-state index contributed by atoms with van der Waals surface area (Å²) in [5.74, 6) is 0. The predicted octanol–water partition coefficient (Wildman–Crippen LogP) is 5.92. The minimum Gasteiger partial charge on any atom is -0.249 e. The number of para-hydroxylation sites is 2. The second kappa shape index (κ2) is 7.04. The molecule has 0 fully saturated rings. The van der Waals surface area contributed by atoms with E-state index in [1.54, 1.807) is 0 Å². The van der Waals surface area contributed by atoms with Crippen LogP contribution in [-0.4, -0.2) is 5.71 Å². The van der Waals surface area contributed by atoms with E-state index in [2.05, 4.69) is 0 Å². The Hall–Kier alpha value is -3.69. The lowest BCUT2D eigenvalue weighted by molar-refractivity contribution is 0.125. The van der Waals surface area contributed by atoms with Crippen molar-refractivity contribution >= 4 is 17.1 Å². The van der Waals surface area contributed by atoms with E-state index in [1.165, 1.54) is 0 Å². The van der Waals surface area contributed by atoms with Crippen LogP contribution in [0.15, 0.2) is 120 Å².